The van der Waals surface area contributed by atoms with Gasteiger partial charge in [-0.25, -0.2) is 0 Å². The zero-order valence-electron chi connectivity index (χ0n) is 12.1. The molecule has 1 atom stereocenters. The summed E-state index contributed by atoms with van der Waals surface area (Å²) in [5, 5.41) is 0.0356. The minimum atomic E-state index is 0.0356. The molecule has 1 aromatic carbocycles. The van der Waals surface area contributed by atoms with Crippen molar-refractivity contribution in [3.8, 4) is 5.75 Å². The first-order valence-corrected chi connectivity index (χ1v) is 8.31. The van der Waals surface area contributed by atoms with Gasteiger partial charge in [-0.1, -0.05) is 55.0 Å². The molecule has 0 fully saturated rings. The first-order valence-electron chi connectivity index (χ1n) is 7.08. The van der Waals surface area contributed by atoms with Crippen LogP contribution in [0.2, 0.25) is 0 Å². The number of benzene rings is 1. The Bertz CT molecular complexity index is 393. The number of halogens is 2. The third kappa shape index (κ3) is 5.35. The maximum atomic E-state index is 6.53. The quantitative estimate of drug-likeness (QED) is 0.390. The molecule has 0 bridgehead atoms. The van der Waals surface area contributed by atoms with Crippen LogP contribution in [0.3, 0.4) is 0 Å². The van der Waals surface area contributed by atoms with Crippen LogP contribution in [-0.4, -0.2) is 7.11 Å². The second-order valence-corrected chi connectivity index (χ2v) is 6.39. The summed E-state index contributed by atoms with van der Waals surface area (Å²) in [5.41, 5.74) is 2.27. The van der Waals surface area contributed by atoms with Crippen LogP contribution < -0.4 is 4.74 Å². The molecule has 0 aliphatic heterocycles. The summed E-state index contributed by atoms with van der Waals surface area (Å²) < 4.78 is 6.54. The Morgan fingerprint density at radius 2 is 1.89 bits per heavy atom. The van der Waals surface area contributed by atoms with Gasteiger partial charge in [-0.05, 0) is 31.0 Å². The number of hydrogen-bond acceptors (Lipinski definition) is 1. The van der Waals surface area contributed by atoms with E-state index in [1.807, 2.05) is 6.07 Å². The van der Waals surface area contributed by atoms with E-state index in [4.69, 9.17) is 16.3 Å². The molecule has 0 N–H and O–H groups in total. The van der Waals surface area contributed by atoms with Crippen LogP contribution in [-0.2, 0) is 0 Å². The molecule has 1 unspecified atom stereocenters. The van der Waals surface area contributed by atoms with Gasteiger partial charge in [-0.3, -0.25) is 0 Å². The molecule has 108 valence electrons. The Kier molecular flexibility index (Phi) is 7.86. The van der Waals surface area contributed by atoms with Crippen molar-refractivity contribution in [1.29, 1.82) is 0 Å². The number of hydrogen-bond donors (Lipinski definition) is 0. The Morgan fingerprint density at radius 1 is 1.21 bits per heavy atom. The minimum Gasteiger partial charge on any atom is -0.496 e. The molecule has 1 nitrogen and oxygen atoms in total. The van der Waals surface area contributed by atoms with E-state index in [0.29, 0.717) is 0 Å². The van der Waals surface area contributed by atoms with Gasteiger partial charge in [0.1, 0.15) is 5.75 Å². The largest absolute Gasteiger partial charge is 0.496 e. The van der Waals surface area contributed by atoms with Gasteiger partial charge >= 0.3 is 0 Å². The van der Waals surface area contributed by atoms with Crippen LogP contribution >= 0.6 is 27.5 Å². The van der Waals surface area contributed by atoms with E-state index in [2.05, 4.69) is 35.8 Å². The van der Waals surface area contributed by atoms with Gasteiger partial charge in [0.25, 0.3) is 0 Å². The zero-order chi connectivity index (χ0) is 14.3. The van der Waals surface area contributed by atoms with Crippen LogP contribution in [0.15, 0.2) is 16.6 Å². The van der Waals surface area contributed by atoms with Crippen molar-refractivity contribution < 1.29 is 4.74 Å². The van der Waals surface area contributed by atoms with Crippen LogP contribution in [0.1, 0.15) is 62.0 Å². The predicted molar refractivity (Wildman–Crippen MR) is 87.4 cm³/mol. The highest BCUT2D eigenvalue weighted by molar-refractivity contribution is 9.10. The molecule has 19 heavy (non-hydrogen) atoms. The molecule has 0 aromatic heterocycles. The van der Waals surface area contributed by atoms with Gasteiger partial charge in [0.15, 0.2) is 0 Å². The molecule has 0 aliphatic carbocycles. The molecular weight excluding hydrogens is 324 g/mol. The maximum absolute atomic E-state index is 6.53. The average Bonchev–Trinajstić information content (AvgIpc) is 2.40. The van der Waals surface area contributed by atoms with E-state index in [0.717, 1.165) is 22.2 Å². The normalized spacial score (nSPS) is 12.5. The predicted octanol–water partition coefficient (Wildman–Crippen LogP) is 6.41. The summed E-state index contributed by atoms with van der Waals surface area (Å²) >= 11 is 10.1. The summed E-state index contributed by atoms with van der Waals surface area (Å²) in [6.07, 6.45) is 7.39. The standard InChI is InChI=1S/C16H24BrClO/c1-4-5-6-7-8-9-15(18)13-11-14(17)12(2)10-16(13)19-3/h10-11,15H,4-9H2,1-3H3. The lowest BCUT2D eigenvalue weighted by atomic mass is 10.0. The number of aryl methyl sites for hydroxylation is 1. The molecular formula is C16H24BrClO. The first kappa shape index (κ1) is 16.8. The fourth-order valence-corrected chi connectivity index (χ4v) is 2.86. The summed E-state index contributed by atoms with van der Waals surface area (Å²) in [5.74, 6) is 0.897. The Morgan fingerprint density at radius 3 is 2.53 bits per heavy atom. The van der Waals surface area contributed by atoms with Gasteiger partial charge < -0.3 is 4.74 Å². The molecule has 3 heteroatoms. The topological polar surface area (TPSA) is 9.23 Å². The highest BCUT2D eigenvalue weighted by Gasteiger charge is 2.15. The lowest BCUT2D eigenvalue weighted by Gasteiger charge is -2.15. The number of alkyl halides is 1. The lowest BCUT2D eigenvalue weighted by molar-refractivity contribution is 0.407. The van der Waals surface area contributed by atoms with Crippen LogP contribution in [0.5, 0.6) is 5.75 Å². The van der Waals surface area contributed by atoms with Gasteiger partial charge in [-0.2, -0.15) is 0 Å². The lowest BCUT2D eigenvalue weighted by Crippen LogP contribution is -1.97. The molecule has 0 radical (unpaired) electrons. The van der Waals surface area contributed by atoms with Crippen molar-refractivity contribution in [2.75, 3.05) is 7.11 Å². The first-order chi connectivity index (χ1) is 9.10. The molecule has 0 heterocycles. The van der Waals surface area contributed by atoms with Crippen molar-refractivity contribution in [2.24, 2.45) is 0 Å². The molecule has 1 rings (SSSR count). The van der Waals surface area contributed by atoms with Gasteiger partial charge in [-0.15, -0.1) is 11.6 Å². The summed E-state index contributed by atoms with van der Waals surface area (Å²) in [7, 11) is 1.71. The second-order valence-electron chi connectivity index (χ2n) is 5.01. The SMILES string of the molecule is CCCCCCCC(Cl)c1cc(Br)c(C)cc1OC. The summed E-state index contributed by atoms with van der Waals surface area (Å²) in [4.78, 5) is 0. The highest BCUT2D eigenvalue weighted by atomic mass is 79.9. The van der Waals surface area contributed by atoms with Crippen molar-refractivity contribution >= 4 is 27.5 Å². The second kappa shape index (κ2) is 8.86. The molecule has 0 amide bonds. The van der Waals surface area contributed by atoms with Crippen molar-refractivity contribution in [3.63, 3.8) is 0 Å². The fourth-order valence-electron chi connectivity index (χ4n) is 2.17. The number of ether oxygens (including phenoxy) is 1. The molecule has 0 saturated heterocycles. The van der Waals surface area contributed by atoms with E-state index in [-0.39, 0.29) is 5.38 Å². The molecule has 0 saturated carbocycles. The van der Waals surface area contributed by atoms with Crippen molar-refractivity contribution in [1.82, 2.24) is 0 Å². The maximum Gasteiger partial charge on any atom is 0.123 e. The van der Waals surface area contributed by atoms with Gasteiger partial charge in [0.2, 0.25) is 0 Å². The highest BCUT2D eigenvalue weighted by Crippen LogP contribution is 2.37. The third-order valence-electron chi connectivity index (χ3n) is 3.41. The van der Waals surface area contributed by atoms with E-state index < -0.39 is 0 Å². The number of unbranched alkanes of at least 4 members (excludes halogenated alkanes) is 4. The average molecular weight is 348 g/mol. The number of methoxy groups -OCH3 is 1. The minimum absolute atomic E-state index is 0.0356. The van der Waals surface area contributed by atoms with E-state index in [9.17, 15) is 0 Å². The number of rotatable bonds is 8. The zero-order valence-corrected chi connectivity index (χ0v) is 14.5. The third-order valence-corrected chi connectivity index (χ3v) is 4.72. The van der Waals surface area contributed by atoms with Crippen LogP contribution in [0, 0.1) is 6.92 Å². The van der Waals surface area contributed by atoms with E-state index in [1.165, 1.54) is 37.7 Å². The molecule has 0 aliphatic rings. The van der Waals surface area contributed by atoms with Gasteiger partial charge in [0.05, 0.1) is 12.5 Å². The Balaban J connectivity index is 2.60. The summed E-state index contributed by atoms with van der Waals surface area (Å²) in [6.45, 7) is 4.30. The van der Waals surface area contributed by atoms with Gasteiger partial charge in [0, 0.05) is 10.0 Å². The molecule has 1 aromatic rings. The smallest absolute Gasteiger partial charge is 0.123 e. The van der Waals surface area contributed by atoms with Crippen molar-refractivity contribution in [3.05, 3.63) is 27.7 Å². The van der Waals surface area contributed by atoms with Crippen LogP contribution in [0.4, 0.5) is 0 Å². The Hall–Kier alpha value is -0.210. The summed E-state index contributed by atoms with van der Waals surface area (Å²) in [6, 6.07) is 4.14. The van der Waals surface area contributed by atoms with E-state index >= 15 is 0 Å². The van der Waals surface area contributed by atoms with Crippen molar-refractivity contribution in [2.45, 2.75) is 57.7 Å². The van der Waals surface area contributed by atoms with E-state index in [1.54, 1.807) is 7.11 Å². The molecule has 0 spiro atoms. The fraction of sp³-hybridized carbons (Fsp3) is 0.625. The van der Waals surface area contributed by atoms with Crippen LogP contribution in [0.25, 0.3) is 0 Å². The monoisotopic (exact) mass is 346 g/mol. The Labute approximate surface area is 130 Å².